The third-order valence-corrected chi connectivity index (χ3v) is 22.7. The van der Waals surface area contributed by atoms with Crippen LogP contribution in [0.2, 0.25) is 36.3 Å². The number of nitrogens with zero attached hydrogens (tertiary/aromatic N) is 1. The normalized spacial score (nSPS) is 14.1. The lowest BCUT2D eigenvalue weighted by Crippen LogP contribution is -2.43. The van der Waals surface area contributed by atoms with Gasteiger partial charge in [0.05, 0.1) is 62.6 Å². The van der Waals surface area contributed by atoms with Crippen molar-refractivity contribution in [2.75, 3.05) is 63.5 Å². The van der Waals surface area contributed by atoms with Crippen LogP contribution in [0.15, 0.2) is 65.8 Å². The Morgan fingerprint density at radius 3 is 1.28 bits per heavy atom. The van der Waals surface area contributed by atoms with Gasteiger partial charge in [-0.3, -0.25) is 4.79 Å². The van der Waals surface area contributed by atoms with Crippen LogP contribution in [-0.2, 0) is 27.3 Å². The van der Waals surface area contributed by atoms with Gasteiger partial charge in [-0.05, 0) is 137 Å². The van der Waals surface area contributed by atoms with Crippen molar-refractivity contribution >= 4 is 45.2 Å². The second kappa shape index (κ2) is 24.6. The summed E-state index contributed by atoms with van der Waals surface area (Å²) in [5.74, 6) is 4.83. The number of aliphatic carboxylic acids is 1. The molecule has 2 aliphatic carbocycles. The smallest absolute Gasteiger partial charge is 0.344 e. The van der Waals surface area contributed by atoms with Crippen molar-refractivity contribution in [3.05, 3.63) is 94.1 Å². The Hall–Kier alpha value is -6.60. The van der Waals surface area contributed by atoms with Crippen LogP contribution in [0.5, 0.6) is 57.5 Å². The first-order valence-corrected chi connectivity index (χ1v) is 29.9. The lowest BCUT2D eigenvalue weighted by atomic mass is 9.92. The first-order valence-electron chi connectivity index (χ1n) is 24.1. The Morgan fingerprint density at radius 1 is 0.527 bits per heavy atom. The molecule has 74 heavy (non-hydrogen) atoms. The molecule has 0 spiro atoms. The molecule has 0 heterocycles. The number of fused-ring (bicyclic) bond motifs is 2. The van der Waals surface area contributed by atoms with Crippen molar-refractivity contribution in [3.63, 3.8) is 0 Å². The van der Waals surface area contributed by atoms with Gasteiger partial charge in [0.1, 0.15) is 11.5 Å². The molecule has 0 bridgehead atoms. The van der Waals surface area contributed by atoms with E-state index in [2.05, 4.69) is 72.9 Å². The number of allylic oxidation sites excluding steroid dienone is 2. The summed E-state index contributed by atoms with van der Waals surface area (Å²) in [5.41, 5.74) is 7.49. The number of benzene rings is 4. The zero-order valence-electron chi connectivity index (χ0n) is 46.0. The molecule has 0 fully saturated rings. The predicted molar refractivity (Wildman–Crippen MR) is 297 cm³/mol. The Labute approximate surface area is 440 Å². The third-order valence-electron chi connectivity index (χ3n) is 14.0. The van der Waals surface area contributed by atoms with Crippen molar-refractivity contribution in [1.82, 2.24) is 0 Å². The minimum atomic E-state index is -2.19. The van der Waals surface area contributed by atoms with E-state index in [4.69, 9.17) is 56.7 Å². The molecule has 4 aromatic rings. The van der Waals surface area contributed by atoms with Crippen molar-refractivity contribution in [2.45, 2.75) is 111 Å². The molecule has 2 aliphatic rings. The average molecular weight is 1060 g/mol. The number of carboxylic acid groups (broad SMARTS) is 1. The van der Waals surface area contributed by atoms with Crippen LogP contribution in [0.3, 0.4) is 0 Å². The van der Waals surface area contributed by atoms with Crippen LogP contribution in [-0.4, -0.2) is 103 Å². The standard InChI is InChI=1S/C29H39NO8Si.C27H36O6Si.CH4/c1-29(2,3)39(8,9)38-24-14-18(10-13-23(24)33-4)21-15-19(30-37-17-26(31)32)11-12-20-22(21)16-25(34-5)28(36-7)27(20)35-6;1-27(2,3)34(8,9)33-23-14-17(10-13-22(23)29-4)20-15-18(28)11-12-19-21(20)16-24(30-5)26(32-7)25(19)31-6;/h10,13-16H,11-12,17H2,1-9H3,(H,31,32);10,13-16H,11-12H2,1-9H3;1H4/b30-19+;;. The first kappa shape index (κ1) is 60.0. The number of rotatable bonds is 17. The Kier molecular flexibility index (Phi) is 20.0. The van der Waals surface area contributed by atoms with Gasteiger partial charge in [-0.15, -0.1) is 0 Å². The van der Waals surface area contributed by atoms with Gasteiger partial charge >= 0.3 is 5.97 Å². The molecule has 0 saturated carbocycles. The lowest BCUT2D eigenvalue weighted by Gasteiger charge is -2.37. The molecule has 0 amide bonds. The highest BCUT2D eigenvalue weighted by atomic mass is 28.4. The van der Waals surface area contributed by atoms with Gasteiger partial charge in [0.2, 0.25) is 18.1 Å². The summed E-state index contributed by atoms with van der Waals surface area (Å²) in [6.45, 7) is 21.4. The molecule has 4 aromatic carbocycles. The molecular weight excluding hydrogens is 979 g/mol. The maximum atomic E-state index is 12.8. The van der Waals surface area contributed by atoms with E-state index in [0.717, 1.165) is 44.5 Å². The number of carboxylic acids is 1. The average Bonchev–Trinajstić information content (AvgIpc) is 3.62. The molecule has 0 aliphatic heterocycles. The second-order valence-electron chi connectivity index (χ2n) is 20.6. The van der Waals surface area contributed by atoms with E-state index in [9.17, 15) is 9.59 Å². The van der Waals surface area contributed by atoms with Gasteiger partial charge < -0.3 is 56.7 Å². The van der Waals surface area contributed by atoms with Crippen LogP contribution in [0.25, 0.3) is 11.1 Å². The number of hydrogen-bond acceptors (Lipinski definition) is 14. The fourth-order valence-corrected chi connectivity index (χ4v) is 9.99. The summed E-state index contributed by atoms with van der Waals surface area (Å²) in [7, 11) is 8.47. The van der Waals surface area contributed by atoms with Gasteiger partial charge in [-0.1, -0.05) is 66.3 Å². The molecule has 0 unspecified atom stereocenters. The lowest BCUT2D eigenvalue weighted by molar-refractivity contribution is -0.142. The van der Waals surface area contributed by atoms with Crippen LogP contribution in [0.4, 0.5) is 0 Å². The van der Waals surface area contributed by atoms with Gasteiger partial charge in [0, 0.05) is 17.5 Å². The number of oxime groups is 1. The number of hydrogen-bond donors (Lipinski definition) is 1. The van der Waals surface area contributed by atoms with E-state index in [0.29, 0.717) is 88.9 Å². The molecule has 0 atom stereocenters. The highest BCUT2D eigenvalue weighted by molar-refractivity contribution is 6.75. The van der Waals surface area contributed by atoms with Gasteiger partial charge in [0.25, 0.3) is 16.6 Å². The zero-order chi connectivity index (χ0) is 54.2. The fourth-order valence-electron chi connectivity index (χ4n) is 7.96. The Bertz CT molecular complexity index is 2760. The largest absolute Gasteiger partial charge is 0.541 e. The molecule has 404 valence electrons. The molecule has 0 radical (unpaired) electrons. The second-order valence-corrected chi connectivity index (χ2v) is 30.1. The highest BCUT2D eigenvalue weighted by Crippen LogP contribution is 2.50. The van der Waals surface area contributed by atoms with Crippen molar-refractivity contribution in [3.8, 4) is 57.5 Å². The van der Waals surface area contributed by atoms with Gasteiger partial charge in [-0.25, -0.2) is 4.79 Å². The fraction of sp³-hybridized carbons (Fsp3) is 0.456. The molecule has 17 heteroatoms. The maximum absolute atomic E-state index is 12.8. The summed E-state index contributed by atoms with van der Waals surface area (Å²) in [5, 5.41) is 13.2. The maximum Gasteiger partial charge on any atom is 0.344 e. The van der Waals surface area contributed by atoms with Crippen LogP contribution < -0.4 is 46.7 Å². The van der Waals surface area contributed by atoms with E-state index in [1.807, 2.05) is 54.6 Å². The molecule has 0 aromatic heterocycles. The molecule has 6 rings (SSSR count). The molecule has 0 saturated heterocycles. The van der Waals surface area contributed by atoms with Crippen LogP contribution in [0, 0.1) is 0 Å². The van der Waals surface area contributed by atoms with E-state index in [1.165, 1.54) is 0 Å². The summed E-state index contributed by atoms with van der Waals surface area (Å²) in [6, 6.07) is 15.5. The molecule has 1 N–H and O–H groups in total. The number of methoxy groups -OCH3 is 8. The van der Waals surface area contributed by atoms with Crippen molar-refractivity contribution in [1.29, 1.82) is 0 Å². The van der Waals surface area contributed by atoms with E-state index < -0.39 is 29.2 Å². The molecular formula is C57H79NO14Si2. The number of ether oxygens (including phenoxy) is 8. The quantitative estimate of drug-likeness (QED) is 0.0783. The summed E-state index contributed by atoms with van der Waals surface area (Å²) < 4.78 is 58.6. The topological polar surface area (TPSA) is 168 Å². The monoisotopic (exact) mass is 1060 g/mol. The van der Waals surface area contributed by atoms with E-state index >= 15 is 0 Å². The first-order chi connectivity index (χ1) is 34.3. The van der Waals surface area contributed by atoms with E-state index in [1.54, 1.807) is 63.0 Å². The summed E-state index contributed by atoms with van der Waals surface area (Å²) in [6.07, 6.45) is 5.57. The minimum Gasteiger partial charge on any atom is -0.541 e. The molecule has 15 nitrogen and oxygen atoms in total. The van der Waals surface area contributed by atoms with Gasteiger partial charge in [-0.2, -0.15) is 0 Å². The number of carbonyl (C=O) groups excluding carboxylic acids is 1. The summed E-state index contributed by atoms with van der Waals surface area (Å²) in [4.78, 5) is 28.9. The number of carbonyl (C=O) groups is 2. The van der Waals surface area contributed by atoms with Gasteiger partial charge in [0.15, 0.2) is 40.3 Å². The highest BCUT2D eigenvalue weighted by Gasteiger charge is 2.41. The van der Waals surface area contributed by atoms with Crippen LogP contribution >= 0.6 is 0 Å². The minimum absolute atomic E-state index is 0. The zero-order valence-corrected chi connectivity index (χ0v) is 48.0. The predicted octanol–water partition coefficient (Wildman–Crippen LogP) is 12.6. The Balaban J connectivity index is 0.000000319. The SMILES string of the molecule is C.COc1ccc(C2=C/C(=N/OCC(=O)O)CCc3c2cc(OC)c(OC)c3OC)cc1O[Si](C)(C)C(C)(C)C.COc1ccc(C2=CC(=O)CCc3c2cc(OC)c(OC)c3OC)cc1O[Si](C)(C)C(C)(C)C. The van der Waals surface area contributed by atoms with Crippen molar-refractivity contribution < 1.29 is 66.3 Å². The number of ketones is 1. The summed E-state index contributed by atoms with van der Waals surface area (Å²) >= 11 is 0. The van der Waals surface area contributed by atoms with Crippen LogP contribution in [0.1, 0.15) is 95.2 Å². The third kappa shape index (κ3) is 13.2. The van der Waals surface area contributed by atoms with E-state index in [-0.39, 0.29) is 23.3 Å². The Morgan fingerprint density at radius 2 is 0.919 bits per heavy atom. The van der Waals surface area contributed by atoms with Crippen molar-refractivity contribution in [2.24, 2.45) is 5.16 Å².